The zero-order chi connectivity index (χ0) is 24.5. The van der Waals surface area contributed by atoms with E-state index >= 15 is 0 Å². The van der Waals surface area contributed by atoms with Crippen molar-refractivity contribution < 1.29 is 0 Å². The van der Waals surface area contributed by atoms with Crippen LogP contribution in [0.2, 0.25) is 0 Å². The van der Waals surface area contributed by atoms with E-state index in [0.717, 1.165) is 50.1 Å². The van der Waals surface area contributed by atoms with E-state index in [9.17, 15) is 0 Å². The van der Waals surface area contributed by atoms with Gasteiger partial charge < -0.3 is 9.88 Å². The number of benzene rings is 2. The minimum atomic E-state index is -0.268. The third-order valence-electron chi connectivity index (χ3n) is 6.21. The number of hydrogen-bond acceptors (Lipinski definition) is 7. The number of hydrogen-bond donors (Lipinski definition) is 1. The van der Waals surface area contributed by atoms with Crippen molar-refractivity contribution in [3.8, 4) is 22.6 Å². The number of anilines is 1. The van der Waals surface area contributed by atoms with Crippen LogP contribution in [0.15, 0.2) is 90.4 Å². The summed E-state index contributed by atoms with van der Waals surface area (Å²) in [5.74, 6) is 2.96. The van der Waals surface area contributed by atoms with E-state index in [4.69, 9.17) is 9.97 Å². The molecule has 0 spiro atoms. The molecule has 2 aromatic carbocycles. The van der Waals surface area contributed by atoms with Crippen molar-refractivity contribution in [3.05, 3.63) is 108 Å². The Balaban J connectivity index is 1.57. The lowest BCUT2D eigenvalue weighted by Crippen LogP contribution is -2.18. The average Bonchev–Trinajstić information content (AvgIpc) is 3.52. The van der Waals surface area contributed by atoms with E-state index in [1.807, 2.05) is 73.1 Å². The molecule has 0 aliphatic rings. The molecule has 4 heterocycles. The first-order chi connectivity index (χ1) is 17.7. The quantitative estimate of drug-likeness (QED) is 0.306. The zero-order valence-electron chi connectivity index (χ0n) is 19.8. The number of fused-ring (bicyclic) bond motifs is 1. The van der Waals surface area contributed by atoms with E-state index in [0.29, 0.717) is 5.82 Å². The van der Waals surface area contributed by atoms with Crippen LogP contribution in [0.5, 0.6) is 0 Å². The molecular formula is C28H23N7S. The molecule has 6 rings (SSSR count). The molecule has 0 fully saturated rings. The van der Waals surface area contributed by atoms with Gasteiger partial charge in [0.15, 0.2) is 11.6 Å². The van der Waals surface area contributed by atoms with Gasteiger partial charge >= 0.3 is 0 Å². The molecule has 1 atom stereocenters. The van der Waals surface area contributed by atoms with Gasteiger partial charge in [-0.1, -0.05) is 66.7 Å². The number of aromatic nitrogens is 6. The predicted octanol–water partition coefficient (Wildman–Crippen LogP) is 6.06. The molecule has 6 aromatic rings. The largest absolute Gasteiger partial charge is 0.355 e. The molecule has 0 aliphatic carbocycles. The van der Waals surface area contributed by atoms with E-state index < -0.39 is 0 Å². The van der Waals surface area contributed by atoms with Gasteiger partial charge in [0.2, 0.25) is 0 Å². The summed E-state index contributed by atoms with van der Waals surface area (Å²) in [6, 6.07) is 26.1. The van der Waals surface area contributed by atoms with E-state index in [1.165, 1.54) is 0 Å². The van der Waals surface area contributed by atoms with E-state index in [-0.39, 0.29) is 6.04 Å². The van der Waals surface area contributed by atoms with Crippen LogP contribution in [-0.4, -0.2) is 29.7 Å². The Bertz CT molecular complexity index is 1630. The number of thiophene rings is 1. The first kappa shape index (κ1) is 22.1. The molecule has 0 saturated heterocycles. The van der Waals surface area contributed by atoms with Crippen LogP contribution in [0.1, 0.15) is 23.3 Å². The third-order valence-corrected chi connectivity index (χ3v) is 7.08. The number of pyridine rings is 1. The van der Waals surface area contributed by atoms with Crippen molar-refractivity contribution in [3.63, 3.8) is 0 Å². The highest BCUT2D eigenvalue weighted by molar-refractivity contribution is 7.17. The van der Waals surface area contributed by atoms with E-state index in [2.05, 4.69) is 50.1 Å². The minimum Gasteiger partial charge on any atom is -0.355 e. The van der Waals surface area contributed by atoms with Gasteiger partial charge in [-0.3, -0.25) is 4.98 Å². The normalized spacial score (nSPS) is 12.1. The summed E-state index contributed by atoms with van der Waals surface area (Å²) in [4.78, 5) is 15.3. The summed E-state index contributed by atoms with van der Waals surface area (Å²) in [5, 5.41) is 15.7. The van der Waals surface area contributed by atoms with Crippen molar-refractivity contribution in [2.75, 3.05) is 5.32 Å². The lowest BCUT2D eigenvalue weighted by Gasteiger charge is -2.20. The SMILES string of the molecule is Cc1nnc(C(Nc2nc(-c3ccccn3)nc3scc(-c4ccccc4)c23)c2ccccc2)n1C. The summed E-state index contributed by atoms with van der Waals surface area (Å²) in [7, 11) is 1.98. The van der Waals surface area contributed by atoms with Crippen LogP contribution >= 0.6 is 11.3 Å². The number of nitrogens with zero attached hydrogens (tertiary/aromatic N) is 6. The van der Waals surface area contributed by atoms with Crippen molar-refractivity contribution in [2.45, 2.75) is 13.0 Å². The molecule has 7 nitrogen and oxygen atoms in total. The summed E-state index contributed by atoms with van der Waals surface area (Å²) in [6.07, 6.45) is 1.76. The van der Waals surface area contributed by atoms with Crippen molar-refractivity contribution in [1.82, 2.24) is 29.7 Å². The van der Waals surface area contributed by atoms with Crippen LogP contribution in [0.4, 0.5) is 5.82 Å². The average molecular weight is 490 g/mol. The van der Waals surface area contributed by atoms with Crippen molar-refractivity contribution >= 4 is 27.4 Å². The fraction of sp³-hybridized carbons (Fsp3) is 0.107. The summed E-state index contributed by atoms with van der Waals surface area (Å²) >= 11 is 1.61. The highest BCUT2D eigenvalue weighted by Crippen LogP contribution is 2.39. The highest BCUT2D eigenvalue weighted by atomic mass is 32.1. The van der Waals surface area contributed by atoms with Crippen LogP contribution in [0.3, 0.4) is 0 Å². The van der Waals surface area contributed by atoms with Crippen LogP contribution in [0, 0.1) is 6.92 Å². The number of rotatable bonds is 6. The molecule has 1 unspecified atom stereocenters. The van der Waals surface area contributed by atoms with Gasteiger partial charge in [-0.15, -0.1) is 21.5 Å². The van der Waals surface area contributed by atoms with Gasteiger partial charge in [-0.2, -0.15) is 0 Å². The summed E-state index contributed by atoms with van der Waals surface area (Å²) in [5.41, 5.74) is 4.00. The Labute approximate surface area is 212 Å². The van der Waals surface area contributed by atoms with Crippen LogP contribution in [-0.2, 0) is 7.05 Å². The second-order valence-electron chi connectivity index (χ2n) is 8.46. The summed E-state index contributed by atoms with van der Waals surface area (Å²) < 4.78 is 2.01. The smallest absolute Gasteiger partial charge is 0.181 e. The van der Waals surface area contributed by atoms with Gasteiger partial charge in [0.25, 0.3) is 0 Å². The molecule has 0 amide bonds. The molecule has 1 N–H and O–H groups in total. The van der Waals surface area contributed by atoms with E-state index in [1.54, 1.807) is 17.5 Å². The predicted molar refractivity (Wildman–Crippen MR) is 144 cm³/mol. The van der Waals surface area contributed by atoms with Crippen LogP contribution < -0.4 is 5.32 Å². The Kier molecular flexibility index (Phi) is 5.71. The molecule has 0 radical (unpaired) electrons. The topological polar surface area (TPSA) is 81.4 Å². The molecular weight excluding hydrogens is 466 g/mol. The standard InChI is InChI=1S/C28H23N7S/c1-18-33-34-27(35(18)2)24(20-13-7-4-8-14-20)30-26-23-21(19-11-5-3-6-12-19)17-36-28(23)32-25(31-26)22-15-9-10-16-29-22/h3-17,24H,1-2H3,(H,30,31,32). The van der Waals surface area contributed by atoms with Gasteiger partial charge in [-0.05, 0) is 30.2 Å². The first-order valence-corrected chi connectivity index (χ1v) is 12.5. The number of aryl methyl sites for hydroxylation is 1. The Morgan fingerprint density at radius 2 is 1.61 bits per heavy atom. The first-order valence-electron chi connectivity index (χ1n) is 11.6. The Hall–Kier alpha value is -4.43. The van der Waals surface area contributed by atoms with Crippen molar-refractivity contribution in [1.29, 1.82) is 0 Å². The maximum absolute atomic E-state index is 5.02. The van der Waals surface area contributed by atoms with Gasteiger partial charge in [0.05, 0.1) is 5.39 Å². The molecule has 8 heteroatoms. The fourth-order valence-electron chi connectivity index (χ4n) is 4.24. The van der Waals surface area contributed by atoms with Gasteiger partial charge in [0.1, 0.15) is 28.2 Å². The second-order valence-corrected chi connectivity index (χ2v) is 9.32. The molecule has 4 aromatic heterocycles. The zero-order valence-corrected chi connectivity index (χ0v) is 20.6. The lowest BCUT2D eigenvalue weighted by atomic mass is 10.0. The molecule has 0 aliphatic heterocycles. The number of nitrogens with one attached hydrogen (secondary N) is 1. The van der Waals surface area contributed by atoms with Gasteiger partial charge in [0, 0.05) is 24.2 Å². The van der Waals surface area contributed by atoms with Gasteiger partial charge in [-0.25, -0.2) is 9.97 Å². The Morgan fingerprint density at radius 1 is 0.861 bits per heavy atom. The lowest BCUT2D eigenvalue weighted by molar-refractivity contribution is 0.732. The summed E-state index contributed by atoms with van der Waals surface area (Å²) in [6.45, 7) is 1.95. The third kappa shape index (κ3) is 4.01. The molecule has 176 valence electrons. The maximum atomic E-state index is 5.02. The minimum absolute atomic E-state index is 0.268. The van der Waals surface area contributed by atoms with Crippen molar-refractivity contribution in [2.24, 2.45) is 7.05 Å². The Morgan fingerprint density at radius 3 is 2.31 bits per heavy atom. The molecule has 36 heavy (non-hydrogen) atoms. The second kappa shape index (κ2) is 9.31. The maximum Gasteiger partial charge on any atom is 0.181 e. The highest BCUT2D eigenvalue weighted by Gasteiger charge is 2.24. The fourth-order valence-corrected chi connectivity index (χ4v) is 5.19. The van der Waals surface area contributed by atoms with Crippen LogP contribution in [0.25, 0.3) is 32.9 Å². The molecule has 0 bridgehead atoms. The monoisotopic (exact) mass is 489 g/mol. The molecule has 0 saturated carbocycles.